The van der Waals surface area contributed by atoms with Crippen molar-refractivity contribution in [1.82, 2.24) is 14.9 Å². The van der Waals surface area contributed by atoms with Gasteiger partial charge in [-0.1, -0.05) is 0 Å². The lowest BCUT2D eigenvalue weighted by Crippen LogP contribution is -2.45. The molecule has 11 heteroatoms. The molecule has 0 spiro atoms. The topological polar surface area (TPSA) is 87.6 Å². The number of hydrogen-bond donors (Lipinski definition) is 2. The Hall–Kier alpha value is -2.95. The molecule has 0 aliphatic carbocycles. The van der Waals surface area contributed by atoms with Crippen LogP contribution in [0.2, 0.25) is 0 Å². The van der Waals surface area contributed by atoms with Crippen LogP contribution in [0.15, 0.2) is 36.8 Å². The van der Waals surface area contributed by atoms with Crippen molar-refractivity contribution in [3.8, 4) is 11.5 Å². The van der Waals surface area contributed by atoms with Gasteiger partial charge in [0, 0.05) is 12.6 Å². The van der Waals surface area contributed by atoms with Crippen molar-refractivity contribution in [2.45, 2.75) is 19.2 Å². The Morgan fingerprint density at radius 1 is 1.30 bits per heavy atom. The molecular weight excluding hydrogens is 372 g/mol. The maximum absolute atomic E-state index is 13.1. The summed E-state index contributed by atoms with van der Waals surface area (Å²) in [6.45, 7) is 0.520. The van der Waals surface area contributed by atoms with E-state index < -0.39 is 30.7 Å². The predicted octanol–water partition coefficient (Wildman–Crippen LogP) is 3.19. The number of carbonyl (C=O) groups excluding carboxylic acids is 1. The average Bonchev–Trinajstić information content (AvgIpc) is 2.60. The van der Waals surface area contributed by atoms with Crippen LogP contribution in [0.1, 0.15) is 6.92 Å². The summed E-state index contributed by atoms with van der Waals surface area (Å²) in [6, 6.07) is 3.05. The number of anilines is 1. The molecule has 0 saturated carbocycles. The number of aliphatic hydroxyl groups excluding tert-OH is 1. The van der Waals surface area contributed by atoms with Crippen LogP contribution in [0.4, 0.5) is 28.2 Å². The van der Waals surface area contributed by atoms with Gasteiger partial charge in [0.05, 0.1) is 25.1 Å². The Balaban J connectivity index is 1.97. The van der Waals surface area contributed by atoms with Gasteiger partial charge in [-0.3, -0.25) is 10.3 Å². The molecule has 146 valence electrons. The quantitative estimate of drug-likeness (QED) is 0.743. The zero-order valence-corrected chi connectivity index (χ0v) is 14.1. The van der Waals surface area contributed by atoms with Gasteiger partial charge in [-0.2, -0.15) is 13.2 Å². The second-order valence-electron chi connectivity index (χ2n) is 5.35. The zero-order valence-electron chi connectivity index (χ0n) is 14.1. The van der Waals surface area contributed by atoms with Crippen molar-refractivity contribution in [3.63, 3.8) is 0 Å². The Morgan fingerprint density at radius 2 is 2.04 bits per heavy atom. The van der Waals surface area contributed by atoms with Gasteiger partial charge in [0.2, 0.25) is 0 Å². The lowest BCUT2D eigenvalue weighted by molar-refractivity contribution is -0.206. The van der Waals surface area contributed by atoms with Crippen LogP contribution in [-0.2, 0) is 0 Å². The molecule has 2 amide bonds. The zero-order chi connectivity index (χ0) is 20.0. The molecule has 0 bridgehead atoms. The lowest BCUT2D eigenvalue weighted by atomic mass is 10.3. The first-order chi connectivity index (χ1) is 12.7. The molecule has 2 N–H and O–H groups in total. The second kappa shape index (κ2) is 8.62. The van der Waals surface area contributed by atoms with Crippen molar-refractivity contribution >= 4 is 11.8 Å². The van der Waals surface area contributed by atoms with E-state index in [0.717, 1.165) is 17.2 Å². The molecule has 2 rings (SSSR count). The van der Waals surface area contributed by atoms with Crippen LogP contribution in [0, 0.1) is 5.82 Å². The summed E-state index contributed by atoms with van der Waals surface area (Å²) < 4.78 is 55.6. The van der Waals surface area contributed by atoms with Crippen LogP contribution < -0.4 is 10.1 Å². The highest BCUT2D eigenvalue weighted by Gasteiger charge is 2.39. The molecule has 1 atom stereocenters. The Labute approximate surface area is 151 Å². The maximum atomic E-state index is 13.1. The number of urea groups is 1. The molecule has 27 heavy (non-hydrogen) atoms. The van der Waals surface area contributed by atoms with Crippen LogP contribution >= 0.6 is 0 Å². The highest BCUT2D eigenvalue weighted by atomic mass is 19.4. The standard InChI is InChI=1S/C16H16F4N4O3/c1-2-24(9-13(25)16(18,19)20)15(26)23-14-4-3-11(8-22-14)27-12-5-10(17)6-21-7-12/h3-8,13,25H,2,9H2,1H3,(H,22,23,26)/t13-/m1/s1. The van der Waals surface area contributed by atoms with Gasteiger partial charge < -0.3 is 14.7 Å². The average molecular weight is 388 g/mol. The highest BCUT2D eigenvalue weighted by Crippen LogP contribution is 2.22. The number of carbonyl (C=O) groups is 1. The minimum atomic E-state index is -4.82. The third-order valence-corrected chi connectivity index (χ3v) is 3.33. The molecule has 2 heterocycles. The number of aliphatic hydroxyl groups is 1. The number of pyridine rings is 2. The number of nitrogens with one attached hydrogen (secondary N) is 1. The van der Waals surface area contributed by atoms with Gasteiger partial charge in [0.1, 0.15) is 23.1 Å². The van der Waals surface area contributed by atoms with E-state index in [1.807, 2.05) is 0 Å². The second-order valence-corrected chi connectivity index (χ2v) is 5.35. The van der Waals surface area contributed by atoms with E-state index in [1.165, 1.54) is 31.5 Å². The number of rotatable bonds is 6. The number of ether oxygens (including phenoxy) is 1. The summed E-state index contributed by atoms with van der Waals surface area (Å²) in [6.07, 6.45) is -3.92. The predicted molar refractivity (Wildman–Crippen MR) is 86.8 cm³/mol. The van der Waals surface area contributed by atoms with E-state index >= 15 is 0 Å². The van der Waals surface area contributed by atoms with E-state index in [1.54, 1.807) is 0 Å². The maximum Gasteiger partial charge on any atom is 0.416 e. The third-order valence-electron chi connectivity index (χ3n) is 3.33. The number of aromatic nitrogens is 2. The molecule has 2 aromatic heterocycles. The molecule has 2 aromatic rings. The molecular formula is C16H16F4N4O3. The summed E-state index contributed by atoms with van der Waals surface area (Å²) in [5, 5.41) is 11.4. The monoisotopic (exact) mass is 388 g/mol. The summed E-state index contributed by atoms with van der Waals surface area (Å²) in [4.78, 5) is 20.4. The SMILES string of the molecule is CCN(C[C@@H](O)C(F)(F)F)C(=O)Nc1ccc(Oc2cncc(F)c2)cn1. The van der Waals surface area contributed by atoms with Gasteiger partial charge in [-0.05, 0) is 19.1 Å². The molecule has 0 unspecified atom stereocenters. The minimum Gasteiger partial charge on any atom is -0.454 e. The van der Waals surface area contributed by atoms with Crippen molar-refractivity contribution < 1.29 is 32.2 Å². The minimum absolute atomic E-state index is 0.0489. The van der Waals surface area contributed by atoms with Crippen molar-refractivity contribution in [2.24, 2.45) is 0 Å². The molecule has 0 radical (unpaired) electrons. The number of hydrogen-bond acceptors (Lipinski definition) is 5. The van der Waals surface area contributed by atoms with Gasteiger partial charge in [-0.25, -0.2) is 14.2 Å². The van der Waals surface area contributed by atoms with Crippen LogP contribution in [0.5, 0.6) is 11.5 Å². The van der Waals surface area contributed by atoms with E-state index in [-0.39, 0.29) is 23.9 Å². The fourth-order valence-electron chi connectivity index (χ4n) is 1.96. The van der Waals surface area contributed by atoms with Gasteiger partial charge in [0.25, 0.3) is 0 Å². The number of amides is 2. The van der Waals surface area contributed by atoms with Crippen LogP contribution in [0.25, 0.3) is 0 Å². The first-order valence-electron chi connectivity index (χ1n) is 7.74. The third kappa shape index (κ3) is 6.06. The summed E-state index contributed by atoms with van der Waals surface area (Å²) >= 11 is 0. The summed E-state index contributed by atoms with van der Waals surface area (Å²) in [5.74, 6) is -0.137. The van der Waals surface area contributed by atoms with E-state index in [0.29, 0.717) is 0 Å². The summed E-state index contributed by atoms with van der Waals surface area (Å²) in [5.41, 5.74) is 0. The van der Waals surface area contributed by atoms with Gasteiger partial charge in [0.15, 0.2) is 6.10 Å². The van der Waals surface area contributed by atoms with Crippen LogP contribution in [0.3, 0.4) is 0 Å². The van der Waals surface area contributed by atoms with E-state index in [4.69, 9.17) is 9.84 Å². The van der Waals surface area contributed by atoms with E-state index in [2.05, 4.69) is 15.3 Å². The Kier molecular flexibility index (Phi) is 6.50. The first kappa shape index (κ1) is 20.4. The largest absolute Gasteiger partial charge is 0.454 e. The molecule has 0 aliphatic rings. The van der Waals surface area contributed by atoms with Gasteiger partial charge >= 0.3 is 12.2 Å². The van der Waals surface area contributed by atoms with Crippen molar-refractivity contribution in [3.05, 3.63) is 42.6 Å². The molecule has 0 saturated heterocycles. The smallest absolute Gasteiger partial charge is 0.416 e. The molecule has 0 aromatic carbocycles. The van der Waals surface area contributed by atoms with Gasteiger partial charge in [-0.15, -0.1) is 0 Å². The summed E-state index contributed by atoms with van der Waals surface area (Å²) in [7, 11) is 0. The number of likely N-dealkylation sites (N-methyl/N-ethyl adjacent to an activating group) is 1. The highest BCUT2D eigenvalue weighted by molar-refractivity contribution is 5.88. The number of alkyl halides is 3. The first-order valence-corrected chi connectivity index (χ1v) is 7.74. The number of halogens is 4. The molecule has 7 nitrogen and oxygen atoms in total. The normalized spacial score (nSPS) is 12.4. The number of nitrogens with zero attached hydrogens (tertiary/aromatic N) is 3. The van der Waals surface area contributed by atoms with Crippen molar-refractivity contribution in [2.75, 3.05) is 18.4 Å². The molecule has 0 fully saturated rings. The fraction of sp³-hybridized carbons (Fsp3) is 0.312. The van der Waals surface area contributed by atoms with Crippen LogP contribution in [-0.4, -0.2) is 51.4 Å². The Morgan fingerprint density at radius 3 is 2.59 bits per heavy atom. The van der Waals surface area contributed by atoms with Crippen molar-refractivity contribution in [1.29, 1.82) is 0 Å². The molecule has 0 aliphatic heterocycles. The fourth-order valence-corrected chi connectivity index (χ4v) is 1.96. The lowest BCUT2D eigenvalue weighted by Gasteiger charge is -2.25. The Bertz CT molecular complexity index is 771. The van der Waals surface area contributed by atoms with E-state index in [9.17, 15) is 22.4 Å².